The van der Waals surface area contributed by atoms with Gasteiger partial charge in [-0.1, -0.05) is 6.08 Å². The van der Waals surface area contributed by atoms with E-state index >= 15 is 0 Å². The lowest BCUT2D eigenvalue weighted by Crippen LogP contribution is -2.70. The molecule has 4 nitrogen and oxygen atoms in total. The van der Waals surface area contributed by atoms with Crippen LogP contribution >= 0.6 is 0 Å². The van der Waals surface area contributed by atoms with Gasteiger partial charge in [-0.15, -0.1) is 0 Å². The molecule has 3 fully saturated rings. The molecule has 132 valence electrons. The third-order valence-corrected chi connectivity index (χ3v) is 7.61. The van der Waals surface area contributed by atoms with Crippen molar-refractivity contribution < 1.29 is 14.7 Å². The maximum Gasteiger partial charge on any atom is 0.131 e. The molecule has 25 heavy (non-hydrogen) atoms. The summed E-state index contributed by atoms with van der Waals surface area (Å²) in [6, 6.07) is 6.72. The second-order valence-electron chi connectivity index (χ2n) is 8.47. The topological polar surface area (TPSA) is 45.4 Å². The van der Waals surface area contributed by atoms with E-state index in [9.17, 15) is 10.2 Å². The number of fused-ring (bicyclic) bond motifs is 4. The minimum absolute atomic E-state index is 0.276. The Kier molecular flexibility index (Phi) is 3.03. The van der Waals surface area contributed by atoms with E-state index in [2.05, 4.69) is 31.7 Å². The number of rotatable bonds is 1. The molecule has 4 heteroatoms. The molecular weight excluding hydrogens is 312 g/mol. The molecule has 1 aromatic carbocycles. The van der Waals surface area contributed by atoms with Crippen LogP contribution in [0, 0.1) is 11.8 Å². The standard InChI is InChI=1S/C21H26N2O2/c1-4-12-10-23(3)19-9-16-15-7-13(25)5-6-18(15)22(2)21(16)20(23)8-14(12)17(19)11-24/h4-7,14,17,19-20,24H,8-11H2,1-3H3/p+1/b12-4-/t14-,17?,19+,20+,23?/m1/s1. The molecule has 5 atom stereocenters. The SMILES string of the molecule is C/C=C1/C[N+]2(C)[C@H]3C[C@H]1C(CO)[C@@H]2Cc1c3n(C)c2ccc(O)cc12. The summed E-state index contributed by atoms with van der Waals surface area (Å²) in [5.74, 6) is 1.21. The van der Waals surface area contributed by atoms with Gasteiger partial charge in [-0.25, -0.2) is 0 Å². The summed E-state index contributed by atoms with van der Waals surface area (Å²) in [7, 11) is 4.57. The van der Waals surface area contributed by atoms with Gasteiger partial charge in [0.15, 0.2) is 0 Å². The Morgan fingerprint density at radius 2 is 2.16 bits per heavy atom. The van der Waals surface area contributed by atoms with Gasteiger partial charge in [-0.05, 0) is 36.3 Å². The third kappa shape index (κ3) is 1.74. The fourth-order valence-corrected chi connectivity index (χ4v) is 6.44. The monoisotopic (exact) mass is 339 g/mol. The van der Waals surface area contributed by atoms with Gasteiger partial charge >= 0.3 is 0 Å². The number of phenols is 1. The highest BCUT2D eigenvalue weighted by molar-refractivity contribution is 5.87. The van der Waals surface area contributed by atoms with Crippen molar-refractivity contribution in [1.82, 2.24) is 4.57 Å². The van der Waals surface area contributed by atoms with Crippen LogP contribution < -0.4 is 0 Å². The van der Waals surface area contributed by atoms with Crippen molar-refractivity contribution in [2.75, 3.05) is 20.2 Å². The number of likely N-dealkylation sites (N-methyl/N-ethyl adjacent to an activating group) is 1. The van der Waals surface area contributed by atoms with E-state index in [1.54, 1.807) is 6.07 Å². The number of aryl methyl sites for hydroxylation is 1. The number of quaternary nitrogens is 1. The molecule has 5 heterocycles. The number of nitrogens with zero attached hydrogens (tertiary/aromatic N) is 2. The second-order valence-corrected chi connectivity index (χ2v) is 8.47. The minimum Gasteiger partial charge on any atom is -0.508 e. The fourth-order valence-electron chi connectivity index (χ4n) is 6.44. The first-order chi connectivity index (χ1) is 12.0. The summed E-state index contributed by atoms with van der Waals surface area (Å²) in [4.78, 5) is 0. The number of aliphatic hydroxyl groups is 1. The van der Waals surface area contributed by atoms with E-state index < -0.39 is 0 Å². The predicted octanol–water partition coefficient (Wildman–Crippen LogP) is 2.88. The van der Waals surface area contributed by atoms with E-state index in [1.807, 2.05) is 12.1 Å². The third-order valence-electron chi connectivity index (χ3n) is 7.61. The Balaban J connectivity index is 1.77. The van der Waals surface area contributed by atoms with Crippen LogP contribution in [0.1, 0.15) is 30.6 Å². The van der Waals surface area contributed by atoms with Crippen molar-refractivity contribution in [3.63, 3.8) is 0 Å². The van der Waals surface area contributed by atoms with Crippen LogP contribution in [0.4, 0.5) is 0 Å². The zero-order valence-electron chi connectivity index (χ0n) is 15.2. The largest absolute Gasteiger partial charge is 0.508 e. The highest BCUT2D eigenvalue weighted by atomic mass is 16.3. The highest BCUT2D eigenvalue weighted by Crippen LogP contribution is 2.58. The number of aromatic hydroxyl groups is 1. The van der Waals surface area contributed by atoms with Crippen molar-refractivity contribution in [3.8, 4) is 5.75 Å². The van der Waals surface area contributed by atoms with Gasteiger partial charge in [0.25, 0.3) is 0 Å². The van der Waals surface area contributed by atoms with Gasteiger partial charge in [0.05, 0.1) is 25.4 Å². The van der Waals surface area contributed by atoms with Crippen LogP contribution in [0.25, 0.3) is 10.9 Å². The van der Waals surface area contributed by atoms with Crippen LogP contribution in [-0.4, -0.2) is 45.5 Å². The summed E-state index contributed by atoms with van der Waals surface area (Å²) in [5, 5.41) is 21.4. The fraction of sp³-hybridized carbons (Fsp3) is 0.524. The van der Waals surface area contributed by atoms with E-state index in [4.69, 9.17) is 0 Å². The van der Waals surface area contributed by atoms with E-state index in [0.29, 0.717) is 29.7 Å². The molecule has 2 aromatic rings. The molecule has 1 aromatic heterocycles. The molecule has 2 N–H and O–H groups in total. The van der Waals surface area contributed by atoms with Crippen LogP contribution in [0.5, 0.6) is 5.75 Å². The number of hydrogen-bond donors (Lipinski definition) is 2. The number of aliphatic hydroxyl groups excluding tert-OH is 1. The van der Waals surface area contributed by atoms with Crippen LogP contribution in [0.2, 0.25) is 0 Å². The first kappa shape index (κ1) is 15.5. The molecule has 0 amide bonds. The first-order valence-corrected chi connectivity index (χ1v) is 9.40. The van der Waals surface area contributed by atoms with Crippen LogP contribution in [0.15, 0.2) is 29.8 Å². The zero-order valence-corrected chi connectivity index (χ0v) is 15.2. The summed E-state index contributed by atoms with van der Waals surface area (Å²) in [6.45, 7) is 3.54. The van der Waals surface area contributed by atoms with E-state index in [0.717, 1.165) is 23.9 Å². The number of benzene rings is 1. The molecule has 0 aliphatic carbocycles. The summed E-state index contributed by atoms with van der Waals surface area (Å²) < 4.78 is 3.39. The minimum atomic E-state index is 0.276. The molecular formula is C21H27N2O2+. The van der Waals surface area contributed by atoms with Gasteiger partial charge < -0.3 is 19.3 Å². The molecule has 2 unspecified atom stereocenters. The van der Waals surface area contributed by atoms with Gasteiger partial charge in [0, 0.05) is 42.6 Å². The van der Waals surface area contributed by atoms with Crippen molar-refractivity contribution in [1.29, 1.82) is 0 Å². The Labute approximate surface area is 148 Å². The molecule has 0 saturated carbocycles. The highest BCUT2D eigenvalue weighted by Gasteiger charge is 2.61. The lowest BCUT2D eigenvalue weighted by Gasteiger charge is -2.63. The van der Waals surface area contributed by atoms with Crippen molar-refractivity contribution >= 4 is 10.9 Å². The van der Waals surface area contributed by atoms with Crippen LogP contribution in [-0.2, 0) is 13.5 Å². The summed E-state index contributed by atoms with van der Waals surface area (Å²) in [5.41, 5.74) is 5.61. The number of piperidine rings is 3. The number of hydrogen-bond acceptors (Lipinski definition) is 2. The van der Waals surface area contributed by atoms with Crippen molar-refractivity contribution in [2.24, 2.45) is 18.9 Å². The molecule has 0 radical (unpaired) electrons. The molecule has 4 aliphatic rings. The van der Waals surface area contributed by atoms with Gasteiger partial charge in [-0.2, -0.15) is 0 Å². The summed E-state index contributed by atoms with van der Waals surface area (Å²) in [6.07, 6.45) is 4.42. The Morgan fingerprint density at radius 1 is 1.36 bits per heavy atom. The quantitative estimate of drug-likeness (QED) is 0.620. The molecule has 0 spiro atoms. The molecule has 6 rings (SSSR count). The van der Waals surface area contributed by atoms with Gasteiger partial charge in [0.2, 0.25) is 0 Å². The lowest BCUT2D eigenvalue weighted by molar-refractivity contribution is -0.978. The van der Waals surface area contributed by atoms with Gasteiger partial charge in [-0.3, -0.25) is 0 Å². The van der Waals surface area contributed by atoms with E-state index in [-0.39, 0.29) is 6.61 Å². The zero-order chi connectivity index (χ0) is 17.5. The summed E-state index contributed by atoms with van der Waals surface area (Å²) >= 11 is 0. The molecule has 4 bridgehead atoms. The first-order valence-electron chi connectivity index (χ1n) is 9.40. The Hall–Kier alpha value is -1.78. The lowest BCUT2D eigenvalue weighted by atomic mass is 9.62. The van der Waals surface area contributed by atoms with Crippen molar-refractivity contribution in [2.45, 2.75) is 31.8 Å². The number of phenolic OH excluding ortho intramolecular Hbond substituents is 1. The average Bonchev–Trinajstić information content (AvgIpc) is 2.85. The smallest absolute Gasteiger partial charge is 0.131 e. The molecule has 3 saturated heterocycles. The Morgan fingerprint density at radius 3 is 2.88 bits per heavy atom. The Bertz CT molecular complexity index is 912. The predicted molar refractivity (Wildman–Crippen MR) is 98.3 cm³/mol. The molecule has 4 aliphatic heterocycles. The van der Waals surface area contributed by atoms with E-state index in [1.165, 1.54) is 27.7 Å². The second kappa shape index (κ2) is 4.89. The average molecular weight is 339 g/mol. The normalized spacial score (nSPS) is 37.7. The van der Waals surface area contributed by atoms with Crippen molar-refractivity contribution in [3.05, 3.63) is 41.1 Å². The van der Waals surface area contributed by atoms with Gasteiger partial charge in [0.1, 0.15) is 18.3 Å². The number of aromatic nitrogens is 1. The maximum atomic E-state index is 10.2. The maximum absolute atomic E-state index is 10.2. The van der Waals surface area contributed by atoms with Crippen LogP contribution in [0.3, 0.4) is 0 Å². The number of allylic oxidation sites excluding steroid dienone is 1.